The Labute approximate surface area is 122 Å². The molecule has 6 heteroatoms. The van der Waals surface area contributed by atoms with Gasteiger partial charge in [-0.2, -0.15) is 0 Å². The molecular weight excluding hydrogens is 268 g/mol. The Bertz CT molecular complexity index is 681. The molecule has 3 heterocycles. The molecule has 2 N–H and O–H groups in total. The Morgan fingerprint density at radius 1 is 1.33 bits per heavy atom. The summed E-state index contributed by atoms with van der Waals surface area (Å²) in [5.41, 5.74) is 2.59. The van der Waals surface area contributed by atoms with E-state index < -0.39 is 5.97 Å². The fourth-order valence-corrected chi connectivity index (χ4v) is 2.55. The van der Waals surface area contributed by atoms with Crippen LogP contribution in [0.4, 0.5) is 0 Å². The highest BCUT2D eigenvalue weighted by molar-refractivity contribution is 5.88. The zero-order chi connectivity index (χ0) is 14.8. The quantitative estimate of drug-likeness (QED) is 0.890. The Balaban J connectivity index is 2.01. The molecule has 0 saturated carbocycles. The zero-order valence-corrected chi connectivity index (χ0v) is 11.7. The van der Waals surface area contributed by atoms with E-state index in [1.54, 1.807) is 12.3 Å². The number of rotatable bonds is 3. The summed E-state index contributed by atoms with van der Waals surface area (Å²) in [5.74, 6) is 0.0894. The Hall–Kier alpha value is -2.34. The Kier molecular flexibility index (Phi) is 3.62. The smallest absolute Gasteiger partial charge is 0.337 e. The number of hydrogen-bond acceptors (Lipinski definition) is 5. The van der Waals surface area contributed by atoms with Crippen molar-refractivity contribution < 1.29 is 9.90 Å². The van der Waals surface area contributed by atoms with Gasteiger partial charge in [0.25, 0.3) is 0 Å². The number of aryl methyl sites for hydroxylation is 1. The summed E-state index contributed by atoms with van der Waals surface area (Å²) in [4.78, 5) is 24.0. The van der Waals surface area contributed by atoms with Gasteiger partial charge >= 0.3 is 5.97 Å². The minimum atomic E-state index is -0.990. The minimum absolute atomic E-state index is 0.160. The second-order valence-corrected chi connectivity index (χ2v) is 5.18. The molecule has 0 aliphatic carbocycles. The molecule has 6 nitrogen and oxygen atoms in total. The molecule has 0 radical (unpaired) electrons. The Morgan fingerprint density at radius 3 is 2.90 bits per heavy atom. The first-order valence-electron chi connectivity index (χ1n) is 6.88. The molecule has 0 bridgehead atoms. The molecule has 0 unspecified atom stereocenters. The first-order chi connectivity index (χ1) is 10.1. The van der Waals surface area contributed by atoms with E-state index in [4.69, 9.17) is 5.11 Å². The zero-order valence-electron chi connectivity index (χ0n) is 11.7. The van der Waals surface area contributed by atoms with Crippen molar-refractivity contribution >= 4 is 5.97 Å². The van der Waals surface area contributed by atoms with E-state index in [0.717, 1.165) is 30.9 Å². The lowest BCUT2D eigenvalue weighted by Gasteiger charge is -2.11. The summed E-state index contributed by atoms with van der Waals surface area (Å²) < 4.78 is 0. The van der Waals surface area contributed by atoms with Crippen LogP contribution in [0.5, 0.6) is 0 Å². The number of nitrogens with zero attached hydrogens (tertiary/aromatic N) is 3. The van der Waals surface area contributed by atoms with Crippen molar-refractivity contribution in [3.8, 4) is 11.3 Å². The van der Waals surface area contributed by atoms with Gasteiger partial charge in [-0.15, -0.1) is 0 Å². The standard InChI is InChI=1S/C15H16N4O2/c1-9-18-13(10-2-3-16-6-10)5-14(19-9)11-4-12(15(20)21)8-17-7-11/h4-5,7-8,10,16H,2-3,6H2,1H3,(H,20,21)/t10-/m0/s1. The molecule has 0 spiro atoms. The normalized spacial score (nSPS) is 17.9. The highest BCUT2D eigenvalue weighted by Crippen LogP contribution is 2.25. The lowest BCUT2D eigenvalue weighted by molar-refractivity contribution is 0.0696. The predicted octanol–water partition coefficient (Wildman–Crippen LogP) is 1.62. The van der Waals surface area contributed by atoms with Gasteiger partial charge in [-0.05, 0) is 32.0 Å². The second kappa shape index (κ2) is 5.57. The summed E-state index contributed by atoms with van der Waals surface area (Å²) in [7, 11) is 0. The molecule has 2 aromatic heterocycles. The second-order valence-electron chi connectivity index (χ2n) is 5.18. The van der Waals surface area contributed by atoms with Gasteiger partial charge in [0.2, 0.25) is 0 Å². The van der Waals surface area contributed by atoms with Crippen molar-refractivity contribution in [3.05, 3.63) is 41.6 Å². The fourth-order valence-electron chi connectivity index (χ4n) is 2.55. The van der Waals surface area contributed by atoms with Gasteiger partial charge < -0.3 is 10.4 Å². The number of nitrogens with one attached hydrogen (secondary N) is 1. The van der Waals surface area contributed by atoms with Crippen LogP contribution in [0.2, 0.25) is 0 Å². The highest BCUT2D eigenvalue weighted by Gasteiger charge is 2.19. The average molecular weight is 284 g/mol. The van der Waals surface area contributed by atoms with Gasteiger partial charge in [0, 0.05) is 36.1 Å². The van der Waals surface area contributed by atoms with E-state index in [1.807, 2.05) is 13.0 Å². The van der Waals surface area contributed by atoms with Crippen LogP contribution in [0.15, 0.2) is 24.5 Å². The maximum atomic E-state index is 11.0. The number of carboxylic acids is 1. The van der Waals surface area contributed by atoms with Crippen molar-refractivity contribution in [1.82, 2.24) is 20.3 Å². The molecule has 1 aliphatic rings. The van der Waals surface area contributed by atoms with E-state index >= 15 is 0 Å². The van der Waals surface area contributed by atoms with Crippen molar-refractivity contribution in [2.24, 2.45) is 0 Å². The lowest BCUT2D eigenvalue weighted by Crippen LogP contribution is -2.10. The van der Waals surface area contributed by atoms with E-state index in [1.165, 1.54) is 6.20 Å². The number of carbonyl (C=O) groups is 1. The monoisotopic (exact) mass is 284 g/mol. The number of hydrogen-bond donors (Lipinski definition) is 2. The molecule has 0 amide bonds. The number of pyridine rings is 1. The Morgan fingerprint density at radius 2 is 2.19 bits per heavy atom. The first kappa shape index (κ1) is 13.6. The van der Waals surface area contributed by atoms with Crippen LogP contribution < -0.4 is 5.32 Å². The molecule has 2 aromatic rings. The number of aromatic carboxylic acids is 1. The van der Waals surface area contributed by atoms with Crippen LogP contribution in [0.3, 0.4) is 0 Å². The van der Waals surface area contributed by atoms with E-state index in [2.05, 4.69) is 20.3 Å². The molecule has 1 fully saturated rings. The van der Waals surface area contributed by atoms with E-state index in [0.29, 0.717) is 17.3 Å². The highest BCUT2D eigenvalue weighted by atomic mass is 16.4. The first-order valence-corrected chi connectivity index (χ1v) is 6.88. The largest absolute Gasteiger partial charge is 0.478 e. The van der Waals surface area contributed by atoms with Gasteiger partial charge in [0.05, 0.1) is 11.3 Å². The maximum absolute atomic E-state index is 11.0. The number of carboxylic acid groups (broad SMARTS) is 1. The molecule has 21 heavy (non-hydrogen) atoms. The van der Waals surface area contributed by atoms with Crippen molar-refractivity contribution in [3.63, 3.8) is 0 Å². The lowest BCUT2D eigenvalue weighted by atomic mass is 10.0. The van der Waals surface area contributed by atoms with Crippen molar-refractivity contribution in [1.29, 1.82) is 0 Å². The van der Waals surface area contributed by atoms with Gasteiger partial charge in [0.1, 0.15) is 5.82 Å². The van der Waals surface area contributed by atoms with Crippen LogP contribution in [0.25, 0.3) is 11.3 Å². The third kappa shape index (κ3) is 2.90. The molecule has 0 aromatic carbocycles. The molecule has 1 atom stereocenters. The third-order valence-corrected chi connectivity index (χ3v) is 3.62. The van der Waals surface area contributed by atoms with Gasteiger partial charge in [-0.25, -0.2) is 14.8 Å². The van der Waals surface area contributed by atoms with Gasteiger partial charge in [-0.1, -0.05) is 0 Å². The van der Waals surface area contributed by atoms with Gasteiger partial charge in [-0.3, -0.25) is 4.98 Å². The topological polar surface area (TPSA) is 88.0 Å². The minimum Gasteiger partial charge on any atom is -0.478 e. The summed E-state index contributed by atoms with van der Waals surface area (Å²) in [6.07, 6.45) is 4.02. The van der Waals surface area contributed by atoms with E-state index in [9.17, 15) is 4.79 Å². The van der Waals surface area contributed by atoms with E-state index in [-0.39, 0.29) is 5.56 Å². The summed E-state index contributed by atoms with van der Waals surface area (Å²) >= 11 is 0. The maximum Gasteiger partial charge on any atom is 0.337 e. The fraction of sp³-hybridized carbons (Fsp3) is 0.333. The predicted molar refractivity (Wildman–Crippen MR) is 77.2 cm³/mol. The summed E-state index contributed by atoms with van der Waals surface area (Å²) in [6, 6.07) is 3.53. The number of aromatic nitrogens is 3. The van der Waals surface area contributed by atoms with Crippen molar-refractivity contribution in [2.45, 2.75) is 19.3 Å². The molecule has 3 rings (SSSR count). The van der Waals surface area contributed by atoms with Crippen LogP contribution in [0.1, 0.15) is 34.2 Å². The molecule has 1 aliphatic heterocycles. The van der Waals surface area contributed by atoms with Crippen molar-refractivity contribution in [2.75, 3.05) is 13.1 Å². The van der Waals surface area contributed by atoms with Crippen LogP contribution in [0, 0.1) is 6.92 Å². The molecule has 1 saturated heterocycles. The summed E-state index contributed by atoms with van der Waals surface area (Å²) in [6.45, 7) is 3.77. The summed E-state index contributed by atoms with van der Waals surface area (Å²) in [5, 5.41) is 12.4. The molecular formula is C15H16N4O2. The third-order valence-electron chi connectivity index (χ3n) is 3.62. The SMILES string of the molecule is Cc1nc(-c2cncc(C(=O)O)c2)cc([C@H]2CCNC2)n1. The van der Waals surface area contributed by atoms with Gasteiger partial charge in [0.15, 0.2) is 0 Å². The van der Waals surface area contributed by atoms with Crippen LogP contribution in [-0.2, 0) is 0 Å². The van der Waals surface area contributed by atoms with Crippen LogP contribution in [-0.4, -0.2) is 39.1 Å². The van der Waals surface area contributed by atoms with Crippen LogP contribution >= 0.6 is 0 Å². The molecule has 108 valence electrons. The average Bonchev–Trinajstić information content (AvgIpc) is 3.01.